The van der Waals surface area contributed by atoms with E-state index in [0.717, 1.165) is 17.5 Å². The minimum absolute atomic E-state index is 0.167. The lowest BCUT2D eigenvalue weighted by Crippen LogP contribution is -2.44. The summed E-state index contributed by atoms with van der Waals surface area (Å²) in [6, 6.07) is 19.0. The van der Waals surface area contributed by atoms with Gasteiger partial charge in [0, 0.05) is 13.0 Å². The molecule has 0 saturated carbocycles. The number of hydrogen-bond acceptors (Lipinski definition) is 3. The van der Waals surface area contributed by atoms with Crippen LogP contribution in [0.4, 0.5) is 0 Å². The third-order valence-electron chi connectivity index (χ3n) is 5.13. The first kappa shape index (κ1) is 15.6. The quantitative estimate of drug-likeness (QED) is 0.779. The van der Waals surface area contributed by atoms with Gasteiger partial charge in [0.05, 0.1) is 6.61 Å². The van der Waals surface area contributed by atoms with E-state index in [2.05, 4.69) is 48.6 Å². The van der Waals surface area contributed by atoms with Gasteiger partial charge in [-0.2, -0.15) is 0 Å². The fourth-order valence-electron chi connectivity index (χ4n) is 3.66. The van der Waals surface area contributed by atoms with Crippen LogP contribution >= 0.6 is 0 Å². The number of rotatable bonds is 5. The van der Waals surface area contributed by atoms with Gasteiger partial charge >= 0.3 is 0 Å². The lowest BCUT2D eigenvalue weighted by atomic mass is 9.80. The highest BCUT2D eigenvalue weighted by molar-refractivity contribution is 5.41. The summed E-state index contributed by atoms with van der Waals surface area (Å²) in [6.45, 7) is 0.837. The second-order valence-corrected chi connectivity index (χ2v) is 6.34. The number of benzene rings is 2. The summed E-state index contributed by atoms with van der Waals surface area (Å²) in [5, 5.41) is 0. The van der Waals surface area contributed by atoms with Gasteiger partial charge in [0.15, 0.2) is 0 Å². The van der Waals surface area contributed by atoms with Gasteiger partial charge in [-0.15, -0.1) is 0 Å². The molecule has 0 amide bonds. The van der Waals surface area contributed by atoms with E-state index in [4.69, 9.17) is 14.2 Å². The second kappa shape index (κ2) is 6.52. The summed E-state index contributed by atoms with van der Waals surface area (Å²) >= 11 is 0. The molecular weight excluding hydrogens is 300 g/mol. The van der Waals surface area contributed by atoms with E-state index in [1.165, 1.54) is 5.56 Å². The van der Waals surface area contributed by atoms with E-state index >= 15 is 0 Å². The maximum Gasteiger partial charge on any atom is 0.147 e. The van der Waals surface area contributed by atoms with Crippen LogP contribution in [-0.4, -0.2) is 26.6 Å². The molecule has 1 aliphatic heterocycles. The van der Waals surface area contributed by atoms with E-state index in [0.29, 0.717) is 19.3 Å². The molecule has 0 bridgehead atoms. The molecule has 2 aliphatic rings. The highest BCUT2D eigenvalue weighted by atomic mass is 16.7. The lowest BCUT2D eigenvalue weighted by molar-refractivity contribution is -0.0861. The Bertz CT molecular complexity index is 702. The van der Waals surface area contributed by atoms with E-state index in [9.17, 15) is 0 Å². The summed E-state index contributed by atoms with van der Waals surface area (Å²) in [6.07, 6.45) is 5.43. The average Bonchev–Trinajstić information content (AvgIpc) is 3.12. The standard InChI is InChI=1S/C21H22O3/c1-22-21(20-14-23-15-24-20,18-8-3-2-4-9-18)19-12-10-17(11-13-19)16-6-5-7-16/h2-6,8-13,16,20H,7,14-15H2,1H3. The normalized spacial score (nSPS) is 25.2. The van der Waals surface area contributed by atoms with Crippen molar-refractivity contribution in [3.8, 4) is 0 Å². The predicted octanol–water partition coefficient (Wildman–Crippen LogP) is 3.99. The van der Waals surface area contributed by atoms with Crippen molar-refractivity contribution >= 4 is 0 Å². The topological polar surface area (TPSA) is 27.7 Å². The zero-order valence-electron chi connectivity index (χ0n) is 13.9. The maximum atomic E-state index is 6.12. The predicted molar refractivity (Wildman–Crippen MR) is 92.9 cm³/mol. The molecule has 0 N–H and O–H groups in total. The minimum atomic E-state index is -0.661. The lowest BCUT2D eigenvalue weighted by Gasteiger charge is -2.37. The molecule has 24 heavy (non-hydrogen) atoms. The Morgan fingerprint density at radius 3 is 2.25 bits per heavy atom. The molecule has 3 unspecified atom stereocenters. The van der Waals surface area contributed by atoms with Crippen LogP contribution in [0.5, 0.6) is 0 Å². The van der Waals surface area contributed by atoms with Crippen molar-refractivity contribution in [2.24, 2.45) is 0 Å². The Balaban J connectivity index is 1.78. The van der Waals surface area contributed by atoms with Crippen LogP contribution in [0.25, 0.3) is 0 Å². The zero-order valence-corrected chi connectivity index (χ0v) is 13.9. The van der Waals surface area contributed by atoms with Crippen molar-refractivity contribution in [3.63, 3.8) is 0 Å². The van der Waals surface area contributed by atoms with Crippen molar-refractivity contribution in [1.82, 2.24) is 0 Å². The summed E-state index contributed by atoms with van der Waals surface area (Å²) in [5.41, 5.74) is 2.87. The molecule has 4 rings (SSSR count). The van der Waals surface area contributed by atoms with Gasteiger partial charge in [-0.3, -0.25) is 0 Å². The van der Waals surface area contributed by atoms with Gasteiger partial charge in [-0.25, -0.2) is 0 Å². The van der Waals surface area contributed by atoms with E-state index in [-0.39, 0.29) is 6.10 Å². The number of allylic oxidation sites excluding steroid dienone is 2. The first-order valence-corrected chi connectivity index (χ1v) is 8.41. The van der Waals surface area contributed by atoms with Crippen molar-refractivity contribution in [3.05, 3.63) is 83.4 Å². The largest absolute Gasteiger partial charge is 0.366 e. The summed E-state index contributed by atoms with van der Waals surface area (Å²) in [7, 11) is 1.75. The molecule has 0 spiro atoms. The molecular formula is C21H22O3. The summed E-state index contributed by atoms with van der Waals surface area (Å²) in [4.78, 5) is 0. The van der Waals surface area contributed by atoms with Crippen molar-refractivity contribution in [1.29, 1.82) is 0 Å². The first-order chi connectivity index (χ1) is 11.8. The highest BCUT2D eigenvalue weighted by Gasteiger charge is 2.45. The van der Waals surface area contributed by atoms with Crippen molar-refractivity contribution in [2.45, 2.75) is 24.0 Å². The summed E-state index contributed by atoms with van der Waals surface area (Å²) in [5.74, 6) is 0.554. The van der Waals surface area contributed by atoms with Crippen LogP contribution < -0.4 is 0 Å². The first-order valence-electron chi connectivity index (χ1n) is 8.41. The fourth-order valence-corrected chi connectivity index (χ4v) is 3.66. The number of hydrogen-bond donors (Lipinski definition) is 0. The molecule has 3 nitrogen and oxygen atoms in total. The van der Waals surface area contributed by atoms with Gasteiger partial charge in [0.2, 0.25) is 0 Å². The molecule has 2 aromatic rings. The molecule has 0 aromatic heterocycles. The Hall–Kier alpha value is -1.94. The molecule has 3 heteroatoms. The van der Waals surface area contributed by atoms with Crippen LogP contribution in [-0.2, 0) is 19.8 Å². The van der Waals surface area contributed by atoms with Crippen LogP contribution in [0.3, 0.4) is 0 Å². The van der Waals surface area contributed by atoms with Gasteiger partial charge in [-0.1, -0.05) is 66.7 Å². The molecule has 124 valence electrons. The Labute approximate surface area is 142 Å². The highest BCUT2D eigenvalue weighted by Crippen LogP contribution is 2.40. The molecule has 1 saturated heterocycles. The van der Waals surface area contributed by atoms with E-state index in [1.54, 1.807) is 7.11 Å². The SMILES string of the molecule is COC(c1ccccc1)(c1ccc(C2C=CC2)cc1)C1COCO1. The Kier molecular flexibility index (Phi) is 4.23. The average molecular weight is 322 g/mol. The maximum absolute atomic E-state index is 6.12. The molecule has 1 heterocycles. The molecule has 1 aliphatic carbocycles. The molecule has 3 atom stereocenters. The van der Waals surface area contributed by atoms with Crippen molar-refractivity contribution < 1.29 is 14.2 Å². The van der Waals surface area contributed by atoms with Crippen LogP contribution in [0.2, 0.25) is 0 Å². The van der Waals surface area contributed by atoms with Crippen molar-refractivity contribution in [2.75, 3.05) is 20.5 Å². The smallest absolute Gasteiger partial charge is 0.147 e. The minimum Gasteiger partial charge on any atom is -0.366 e. The second-order valence-electron chi connectivity index (χ2n) is 6.34. The third kappa shape index (κ3) is 2.49. The van der Waals surface area contributed by atoms with Crippen LogP contribution in [0.1, 0.15) is 29.0 Å². The third-order valence-corrected chi connectivity index (χ3v) is 5.13. The summed E-state index contributed by atoms with van der Waals surface area (Å²) < 4.78 is 17.5. The van der Waals surface area contributed by atoms with Gasteiger partial charge < -0.3 is 14.2 Å². The fraction of sp³-hybridized carbons (Fsp3) is 0.333. The van der Waals surface area contributed by atoms with Gasteiger partial charge in [0.25, 0.3) is 0 Å². The van der Waals surface area contributed by atoms with Gasteiger partial charge in [0.1, 0.15) is 18.5 Å². The number of methoxy groups -OCH3 is 1. The van der Waals surface area contributed by atoms with Gasteiger partial charge in [-0.05, 0) is 23.1 Å². The Morgan fingerprint density at radius 1 is 1.00 bits per heavy atom. The molecule has 2 aromatic carbocycles. The van der Waals surface area contributed by atoms with Crippen LogP contribution in [0.15, 0.2) is 66.7 Å². The molecule has 1 fully saturated rings. The Morgan fingerprint density at radius 2 is 1.71 bits per heavy atom. The van der Waals surface area contributed by atoms with Crippen LogP contribution in [0, 0.1) is 0 Å². The van der Waals surface area contributed by atoms with E-state index in [1.807, 2.05) is 18.2 Å². The molecule has 0 radical (unpaired) electrons. The number of ether oxygens (including phenoxy) is 3. The monoisotopic (exact) mass is 322 g/mol. The van der Waals surface area contributed by atoms with E-state index < -0.39 is 5.60 Å². The zero-order chi connectivity index (χ0) is 16.4.